The third-order valence-corrected chi connectivity index (χ3v) is 4.56. The summed E-state index contributed by atoms with van der Waals surface area (Å²) < 4.78 is 0.473. The molecule has 1 aliphatic heterocycles. The van der Waals surface area contributed by atoms with Crippen molar-refractivity contribution in [3.63, 3.8) is 0 Å². The predicted octanol–water partition coefficient (Wildman–Crippen LogP) is 2.98. The number of nitrogens with one attached hydrogen (secondary N) is 1. The van der Waals surface area contributed by atoms with E-state index in [1.54, 1.807) is 0 Å². The van der Waals surface area contributed by atoms with Crippen molar-refractivity contribution in [1.82, 2.24) is 10.2 Å². The molecule has 0 aliphatic carbocycles. The van der Waals surface area contributed by atoms with Gasteiger partial charge in [0.05, 0.1) is 0 Å². The van der Waals surface area contributed by atoms with E-state index < -0.39 is 0 Å². The summed E-state index contributed by atoms with van der Waals surface area (Å²) in [5, 5.41) is 3.47. The first kappa shape index (κ1) is 15.3. The smallest absolute Gasteiger partial charge is 0.0231 e. The molecule has 1 aliphatic rings. The van der Waals surface area contributed by atoms with Crippen LogP contribution in [-0.2, 0) is 0 Å². The second-order valence-corrected chi connectivity index (χ2v) is 7.50. The highest BCUT2D eigenvalue weighted by Gasteiger charge is 2.26. The van der Waals surface area contributed by atoms with Crippen molar-refractivity contribution in [2.24, 2.45) is 0 Å². The van der Waals surface area contributed by atoms with Gasteiger partial charge in [0.2, 0.25) is 0 Å². The van der Waals surface area contributed by atoms with Crippen LogP contribution >= 0.6 is 11.8 Å². The van der Waals surface area contributed by atoms with Gasteiger partial charge in [0.25, 0.3) is 0 Å². The summed E-state index contributed by atoms with van der Waals surface area (Å²) in [4.78, 5) is 2.65. The Balaban J connectivity index is 1.95. The Morgan fingerprint density at radius 2 is 2.00 bits per heavy atom. The molecule has 0 unspecified atom stereocenters. The van der Waals surface area contributed by atoms with Crippen LogP contribution in [0.25, 0.3) is 0 Å². The van der Waals surface area contributed by atoms with E-state index in [0.717, 1.165) is 0 Å². The molecule has 0 spiro atoms. The molecule has 0 bridgehead atoms. The van der Waals surface area contributed by atoms with Gasteiger partial charge in [-0.15, -0.1) is 0 Å². The minimum atomic E-state index is 0.473. The summed E-state index contributed by atoms with van der Waals surface area (Å²) in [7, 11) is 0. The van der Waals surface area contributed by atoms with Crippen molar-refractivity contribution in [1.29, 1.82) is 0 Å². The van der Waals surface area contributed by atoms with Crippen LogP contribution in [0.2, 0.25) is 0 Å². The van der Waals surface area contributed by atoms with E-state index in [4.69, 9.17) is 0 Å². The van der Waals surface area contributed by atoms with Gasteiger partial charge in [0, 0.05) is 23.6 Å². The summed E-state index contributed by atoms with van der Waals surface area (Å²) in [6.45, 7) is 13.2. The zero-order chi connectivity index (χ0) is 12.6. The number of nitrogens with zero attached hydrogens (tertiary/aromatic N) is 1. The number of thioether (sulfide) groups is 1. The van der Waals surface area contributed by atoms with Gasteiger partial charge in [-0.1, -0.05) is 13.3 Å². The first-order valence-corrected chi connectivity index (χ1v) is 8.19. The molecule has 102 valence electrons. The average Bonchev–Trinajstić information content (AvgIpc) is 2.27. The van der Waals surface area contributed by atoms with Gasteiger partial charge < -0.3 is 10.2 Å². The van der Waals surface area contributed by atoms with Crippen molar-refractivity contribution in [3.8, 4) is 0 Å². The Morgan fingerprint density at radius 3 is 2.71 bits per heavy atom. The molecular weight excluding hydrogens is 228 g/mol. The molecule has 0 amide bonds. The Morgan fingerprint density at radius 1 is 1.18 bits per heavy atom. The minimum absolute atomic E-state index is 0.473. The summed E-state index contributed by atoms with van der Waals surface area (Å²) in [6, 6.07) is 0. The van der Waals surface area contributed by atoms with E-state index in [1.165, 1.54) is 64.2 Å². The number of unbranched alkanes of at least 4 members (excludes halogenated alkanes) is 2. The molecular formula is C14H30N2S. The molecule has 0 atom stereocenters. The van der Waals surface area contributed by atoms with E-state index in [9.17, 15) is 0 Å². The van der Waals surface area contributed by atoms with E-state index in [-0.39, 0.29) is 0 Å². The standard InChI is InChI=1S/C14H30N2S/c1-4-8-15-9-6-5-7-10-16-11-12-17-14(2,3)13-16/h15H,4-13H2,1-3H3. The molecule has 17 heavy (non-hydrogen) atoms. The van der Waals surface area contributed by atoms with Crippen LogP contribution in [0.3, 0.4) is 0 Å². The lowest BCUT2D eigenvalue weighted by atomic mass is 10.1. The highest BCUT2D eigenvalue weighted by Crippen LogP contribution is 2.29. The number of hydrogen-bond donors (Lipinski definition) is 1. The number of hydrogen-bond acceptors (Lipinski definition) is 3. The molecule has 0 aromatic rings. The van der Waals surface area contributed by atoms with Gasteiger partial charge in [0.1, 0.15) is 0 Å². The lowest BCUT2D eigenvalue weighted by Crippen LogP contribution is -2.43. The Labute approximate surface area is 112 Å². The second kappa shape index (κ2) is 8.39. The lowest BCUT2D eigenvalue weighted by molar-refractivity contribution is 0.254. The van der Waals surface area contributed by atoms with Gasteiger partial charge in [-0.05, 0) is 52.7 Å². The maximum Gasteiger partial charge on any atom is 0.0231 e. The molecule has 1 saturated heterocycles. The summed E-state index contributed by atoms with van der Waals surface area (Å²) in [5.74, 6) is 1.31. The highest BCUT2D eigenvalue weighted by molar-refractivity contribution is 8.00. The normalized spacial score (nSPS) is 20.6. The molecule has 1 heterocycles. The largest absolute Gasteiger partial charge is 0.317 e. The summed E-state index contributed by atoms with van der Waals surface area (Å²) in [6.07, 6.45) is 5.34. The van der Waals surface area contributed by atoms with Crippen LogP contribution in [0, 0.1) is 0 Å². The highest BCUT2D eigenvalue weighted by atomic mass is 32.2. The molecule has 0 aromatic heterocycles. The van der Waals surface area contributed by atoms with Crippen LogP contribution in [0.5, 0.6) is 0 Å². The third kappa shape index (κ3) is 7.32. The van der Waals surface area contributed by atoms with E-state index >= 15 is 0 Å². The lowest BCUT2D eigenvalue weighted by Gasteiger charge is -2.37. The van der Waals surface area contributed by atoms with Gasteiger partial charge in [-0.25, -0.2) is 0 Å². The molecule has 2 nitrogen and oxygen atoms in total. The van der Waals surface area contributed by atoms with Gasteiger partial charge in [0.15, 0.2) is 0 Å². The zero-order valence-electron chi connectivity index (χ0n) is 11.9. The zero-order valence-corrected chi connectivity index (χ0v) is 12.7. The van der Waals surface area contributed by atoms with Crippen LogP contribution in [0.4, 0.5) is 0 Å². The molecule has 0 radical (unpaired) electrons. The molecule has 1 rings (SSSR count). The van der Waals surface area contributed by atoms with Crippen molar-refractivity contribution >= 4 is 11.8 Å². The van der Waals surface area contributed by atoms with Crippen molar-refractivity contribution < 1.29 is 0 Å². The van der Waals surface area contributed by atoms with Crippen molar-refractivity contribution in [2.45, 2.75) is 51.2 Å². The maximum atomic E-state index is 3.47. The van der Waals surface area contributed by atoms with E-state index in [2.05, 4.69) is 42.7 Å². The fraction of sp³-hybridized carbons (Fsp3) is 1.00. The first-order chi connectivity index (χ1) is 8.14. The van der Waals surface area contributed by atoms with Gasteiger partial charge >= 0.3 is 0 Å². The first-order valence-electron chi connectivity index (χ1n) is 7.21. The Bertz CT molecular complexity index is 195. The topological polar surface area (TPSA) is 15.3 Å². The van der Waals surface area contributed by atoms with Crippen LogP contribution < -0.4 is 5.32 Å². The molecule has 1 fully saturated rings. The second-order valence-electron chi connectivity index (χ2n) is 5.69. The van der Waals surface area contributed by atoms with Crippen molar-refractivity contribution in [2.75, 3.05) is 38.5 Å². The molecule has 3 heteroatoms. The average molecular weight is 258 g/mol. The quantitative estimate of drug-likeness (QED) is 0.674. The van der Waals surface area contributed by atoms with Crippen LogP contribution in [-0.4, -0.2) is 48.1 Å². The molecule has 0 aromatic carbocycles. The fourth-order valence-corrected chi connectivity index (χ4v) is 3.54. The minimum Gasteiger partial charge on any atom is -0.317 e. The predicted molar refractivity (Wildman–Crippen MR) is 80.0 cm³/mol. The SMILES string of the molecule is CCCNCCCCCN1CCSC(C)(C)C1. The van der Waals surface area contributed by atoms with Gasteiger partial charge in [-0.3, -0.25) is 0 Å². The Hall–Kier alpha value is 0.270. The van der Waals surface area contributed by atoms with Crippen LogP contribution in [0.15, 0.2) is 0 Å². The van der Waals surface area contributed by atoms with Gasteiger partial charge in [-0.2, -0.15) is 11.8 Å². The van der Waals surface area contributed by atoms with E-state index in [1.807, 2.05) is 0 Å². The number of rotatable bonds is 8. The monoisotopic (exact) mass is 258 g/mol. The van der Waals surface area contributed by atoms with Crippen molar-refractivity contribution in [3.05, 3.63) is 0 Å². The van der Waals surface area contributed by atoms with Crippen LogP contribution in [0.1, 0.15) is 46.5 Å². The Kier molecular flexibility index (Phi) is 7.56. The molecule has 1 N–H and O–H groups in total. The van der Waals surface area contributed by atoms with E-state index in [0.29, 0.717) is 4.75 Å². The third-order valence-electron chi connectivity index (χ3n) is 3.26. The summed E-state index contributed by atoms with van der Waals surface area (Å²) >= 11 is 2.13. The molecule has 0 saturated carbocycles. The summed E-state index contributed by atoms with van der Waals surface area (Å²) in [5.41, 5.74) is 0. The maximum absolute atomic E-state index is 3.47. The fourth-order valence-electron chi connectivity index (χ4n) is 2.37.